The summed E-state index contributed by atoms with van der Waals surface area (Å²) in [6, 6.07) is 5.50. The number of hydrogen-bond acceptors (Lipinski definition) is 4. The minimum absolute atomic E-state index is 0.124. The van der Waals surface area contributed by atoms with Crippen molar-refractivity contribution in [3.63, 3.8) is 0 Å². The van der Waals surface area contributed by atoms with Crippen LogP contribution in [0.2, 0.25) is 0 Å². The van der Waals surface area contributed by atoms with Gasteiger partial charge in [0.05, 0.1) is 6.61 Å². The molecule has 1 heterocycles. The van der Waals surface area contributed by atoms with Crippen LogP contribution in [0.3, 0.4) is 0 Å². The van der Waals surface area contributed by atoms with Gasteiger partial charge in [-0.05, 0) is 25.0 Å². The zero-order valence-corrected chi connectivity index (χ0v) is 12.9. The first-order valence-electron chi connectivity index (χ1n) is 7.03. The molecule has 21 heavy (non-hydrogen) atoms. The number of rotatable bonds is 8. The van der Waals surface area contributed by atoms with Crippen LogP contribution in [0.4, 0.5) is 0 Å². The number of nitrogens with zero attached hydrogens (tertiary/aromatic N) is 1. The molecule has 1 aromatic carbocycles. The maximum atomic E-state index is 11.7. The first-order valence-corrected chi connectivity index (χ1v) is 7.56. The Morgan fingerprint density at radius 3 is 2.95 bits per heavy atom. The van der Waals surface area contributed by atoms with E-state index in [0.717, 1.165) is 24.3 Å². The molecule has 0 bridgehead atoms. The van der Waals surface area contributed by atoms with Gasteiger partial charge in [-0.15, -0.1) is 11.6 Å². The molecule has 0 N–H and O–H groups in total. The average molecular weight is 314 g/mol. The third kappa shape index (κ3) is 4.70. The van der Waals surface area contributed by atoms with Crippen molar-refractivity contribution in [2.24, 2.45) is 0 Å². The van der Waals surface area contributed by atoms with Crippen molar-refractivity contribution in [2.75, 3.05) is 32.9 Å². The number of benzene rings is 1. The lowest BCUT2D eigenvalue weighted by molar-refractivity contribution is -0.130. The van der Waals surface area contributed by atoms with Crippen molar-refractivity contribution in [3.8, 4) is 17.2 Å². The number of amides is 1. The molecular formula is C15H20ClNO4. The van der Waals surface area contributed by atoms with Crippen LogP contribution in [0.1, 0.15) is 19.3 Å². The van der Waals surface area contributed by atoms with Crippen molar-refractivity contribution in [1.82, 2.24) is 4.90 Å². The molecule has 0 aromatic heterocycles. The van der Waals surface area contributed by atoms with E-state index in [2.05, 4.69) is 0 Å². The standard InChI is InChI=1S/C15H20ClNO4/c1-17(15(18)4-2-7-16)8-3-9-19-12-5-6-13-14(10-12)21-11-20-13/h5-6,10H,2-4,7-9,11H2,1H3. The number of alkyl halides is 1. The predicted octanol–water partition coefficient (Wildman–Crippen LogP) is 2.66. The van der Waals surface area contributed by atoms with Crippen molar-refractivity contribution >= 4 is 17.5 Å². The van der Waals surface area contributed by atoms with Gasteiger partial charge >= 0.3 is 0 Å². The molecule has 0 spiro atoms. The SMILES string of the molecule is CN(CCCOc1ccc2c(c1)OCO2)C(=O)CCCCl. The van der Waals surface area contributed by atoms with Gasteiger partial charge in [0.1, 0.15) is 5.75 Å². The number of ether oxygens (including phenoxy) is 3. The fourth-order valence-corrected chi connectivity index (χ4v) is 2.13. The Bertz CT molecular complexity index is 481. The molecule has 6 heteroatoms. The second kappa shape index (κ2) is 7.98. The summed E-state index contributed by atoms with van der Waals surface area (Å²) in [4.78, 5) is 13.4. The van der Waals surface area contributed by atoms with Gasteiger partial charge in [-0.1, -0.05) is 0 Å². The summed E-state index contributed by atoms with van der Waals surface area (Å²) in [6.07, 6.45) is 2.00. The van der Waals surface area contributed by atoms with Gasteiger partial charge in [0.15, 0.2) is 11.5 Å². The average Bonchev–Trinajstić information content (AvgIpc) is 2.96. The van der Waals surface area contributed by atoms with E-state index < -0.39 is 0 Å². The molecule has 0 fully saturated rings. The molecule has 1 aliphatic heterocycles. The maximum Gasteiger partial charge on any atom is 0.231 e. The van der Waals surface area contributed by atoms with Crippen molar-refractivity contribution in [2.45, 2.75) is 19.3 Å². The lowest BCUT2D eigenvalue weighted by Crippen LogP contribution is -2.28. The van der Waals surface area contributed by atoms with E-state index in [1.165, 1.54) is 0 Å². The minimum atomic E-state index is 0.124. The molecule has 0 atom stereocenters. The zero-order valence-electron chi connectivity index (χ0n) is 12.1. The van der Waals surface area contributed by atoms with E-state index in [-0.39, 0.29) is 12.7 Å². The van der Waals surface area contributed by atoms with Gasteiger partial charge in [0, 0.05) is 32.0 Å². The van der Waals surface area contributed by atoms with Gasteiger partial charge in [0.25, 0.3) is 0 Å². The Hall–Kier alpha value is -1.62. The molecule has 0 unspecified atom stereocenters. The van der Waals surface area contributed by atoms with E-state index in [1.807, 2.05) is 18.2 Å². The summed E-state index contributed by atoms with van der Waals surface area (Å²) < 4.78 is 16.2. The summed E-state index contributed by atoms with van der Waals surface area (Å²) >= 11 is 5.58. The summed E-state index contributed by atoms with van der Waals surface area (Å²) in [5.41, 5.74) is 0. The second-order valence-electron chi connectivity index (χ2n) is 4.82. The first kappa shape index (κ1) is 15.8. The molecule has 1 aromatic rings. The molecule has 2 rings (SSSR count). The summed E-state index contributed by atoms with van der Waals surface area (Å²) in [5, 5.41) is 0. The maximum absolute atomic E-state index is 11.7. The van der Waals surface area contributed by atoms with Crippen LogP contribution in [0, 0.1) is 0 Å². The van der Waals surface area contributed by atoms with Crippen LogP contribution >= 0.6 is 11.6 Å². The smallest absolute Gasteiger partial charge is 0.231 e. The summed E-state index contributed by atoms with van der Waals surface area (Å²) in [5.74, 6) is 2.84. The molecule has 0 saturated heterocycles. The van der Waals surface area contributed by atoms with E-state index in [4.69, 9.17) is 25.8 Å². The van der Waals surface area contributed by atoms with Gasteiger partial charge in [-0.3, -0.25) is 4.79 Å². The molecule has 5 nitrogen and oxygen atoms in total. The largest absolute Gasteiger partial charge is 0.493 e. The van der Waals surface area contributed by atoms with E-state index in [0.29, 0.717) is 31.2 Å². The number of halogens is 1. The van der Waals surface area contributed by atoms with Gasteiger partial charge in [-0.2, -0.15) is 0 Å². The van der Waals surface area contributed by atoms with Crippen LogP contribution in [-0.4, -0.2) is 43.7 Å². The summed E-state index contributed by atoms with van der Waals surface area (Å²) in [6.45, 7) is 1.48. The molecule has 0 saturated carbocycles. The fourth-order valence-electron chi connectivity index (χ4n) is 1.99. The van der Waals surface area contributed by atoms with Crippen molar-refractivity contribution in [3.05, 3.63) is 18.2 Å². The third-order valence-electron chi connectivity index (χ3n) is 3.20. The highest BCUT2D eigenvalue weighted by molar-refractivity contribution is 6.17. The molecule has 0 radical (unpaired) electrons. The lowest BCUT2D eigenvalue weighted by atomic mass is 10.3. The second-order valence-corrected chi connectivity index (χ2v) is 5.20. The molecule has 1 aliphatic rings. The highest BCUT2D eigenvalue weighted by Crippen LogP contribution is 2.35. The highest BCUT2D eigenvalue weighted by atomic mass is 35.5. The van der Waals surface area contributed by atoms with Gasteiger partial charge in [-0.25, -0.2) is 0 Å². The van der Waals surface area contributed by atoms with E-state index >= 15 is 0 Å². The molecule has 116 valence electrons. The Balaban J connectivity index is 1.66. The number of hydrogen-bond donors (Lipinski definition) is 0. The third-order valence-corrected chi connectivity index (χ3v) is 3.47. The van der Waals surface area contributed by atoms with Crippen LogP contribution in [-0.2, 0) is 4.79 Å². The zero-order chi connectivity index (χ0) is 15.1. The van der Waals surface area contributed by atoms with Gasteiger partial charge in [0.2, 0.25) is 12.7 Å². The first-order chi connectivity index (χ1) is 10.2. The Morgan fingerprint density at radius 2 is 2.14 bits per heavy atom. The monoisotopic (exact) mass is 313 g/mol. The molecule has 0 aliphatic carbocycles. The van der Waals surface area contributed by atoms with Crippen LogP contribution in [0.15, 0.2) is 18.2 Å². The van der Waals surface area contributed by atoms with E-state index in [9.17, 15) is 4.79 Å². The number of carbonyl (C=O) groups is 1. The lowest BCUT2D eigenvalue weighted by Gasteiger charge is -2.17. The quantitative estimate of drug-likeness (QED) is 0.547. The fraction of sp³-hybridized carbons (Fsp3) is 0.533. The molecular weight excluding hydrogens is 294 g/mol. The number of carbonyl (C=O) groups excluding carboxylic acids is 1. The number of fused-ring (bicyclic) bond motifs is 1. The molecule has 1 amide bonds. The van der Waals surface area contributed by atoms with Crippen LogP contribution in [0.5, 0.6) is 17.2 Å². The van der Waals surface area contributed by atoms with Crippen LogP contribution < -0.4 is 14.2 Å². The van der Waals surface area contributed by atoms with Crippen molar-refractivity contribution in [1.29, 1.82) is 0 Å². The predicted molar refractivity (Wildman–Crippen MR) is 80.3 cm³/mol. The normalized spacial score (nSPS) is 12.3. The van der Waals surface area contributed by atoms with Crippen LogP contribution in [0.25, 0.3) is 0 Å². The van der Waals surface area contributed by atoms with E-state index in [1.54, 1.807) is 11.9 Å². The summed E-state index contributed by atoms with van der Waals surface area (Å²) in [7, 11) is 1.80. The Morgan fingerprint density at radius 1 is 1.33 bits per heavy atom. The minimum Gasteiger partial charge on any atom is -0.493 e. The Kier molecular flexibility index (Phi) is 5.99. The Labute approximate surface area is 129 Å². The van der Waals surface area contributed by atoms with Gasteiger partial charge < -0.3 is 19.1 Å². The highest BCUT2D eigenvalue weighted by Gasteiger charge is 2.13. The topological polar surface area (TPSA) is 48.0 Å². The van der Waals surface area contributed by atoms with Crippen molar-refractivity contribution < 1.29 is 19.0 Å².